The lowest BCUT2D eigenvalue weighted by Crippen LogP contribution is -2.09. The van der Waals surface area contributed by atoms with E-state index < -0.39 is 5.91 Å². The van der Waals surface area contributed by atoms with Crippen molar-refractivity contribution in [2.24, 2.45) is 5.73 Å². The molecular formula is C8H11NO2. The van der Waals surface area contributed by atoms with Gasteiger partial charge in [0.25, 0.3) is 5.91 Å². The fourth-order valence-electron chi connectivity index (χ4n) is 0.891. The van der Waals surface area contributed by atoms with Crippen LogP contribution in [0.15, 0.2) is 16.5 Å². The van der Waals surface area contributed by atoms with Gasteiger partial charge in [0.1, 0.15) is 5.76 Å². The van der Waals surface area contributed by atoms with Crippen LogP contribution >= 0.6 is 0 Å². The van der Waals surface area contributed by atoms with Crippen molar-refractivity contribution in [1.82, 2.24) is 0 Å². The van der Waals surface area contributed by atoms with Crippen LogP contribution in [0.5, 0.6) is 0 Å². The summed E-state index contributed by atoms with van der Waals surface area (Å²) >= 11 is 0. The monoisotopic (exact) mass is 153 g/mol. The summed E-state index contributed by atoms with van der Waals surface area (Å²) in [6.07, 6.45) is 1.86. The van der Waals surface area contributed by atoms with Gasteiger partial charge in [0.15, 0.2) is 5.76 Å². The molecule has 0 saturated heterocycles. The van der Waals surface area contributed by atoms with E-state index in [1.54, 1.807) is 12.1 Å². The number of hydrogen-bond acceptors (Lipinski definition) is 2. The third-order valence-corrected chi connectivity index (χ3v) is 1.40. The van der Waals surface area contributed by atoms with Crippen LogP contribution in [0.1, 0.15) is 29.7 Å². The lowest BCUT2D eigenvalue weighted by molar-refractivity contribution is 0.0972. The molecule has 0 unspecified atom stereocenters. The highest BCUT2D eigenvalue weighted by Crippen LogP contribution is 2.08. The van der Waals surface area contributed by atoms with Crippen LogP contribution in [0, 0.1) is 0 Å². The molecule has 60 valence electrons. The smallest absolute Gasteiger partial charge is 0.284 e. The first-order chi connectivity index (χ1) is 5.24. The van der Waals surface area contributed by atoms with Crippen LogP contribution in [-0.2, 0) is 6.42 Å². The molecule has 1 heterocycles. The maximum atomic E-state index is 10.5. The maximum Gasteiger partial charge on any atom is 0.284 e. The minimum absolute atomic E-state index is 0.244. The molecule has 0 atom stereocenters. The van der Waals surface area contributed by atoms with Crippen molar-refractivity contribution in [3.05, 3.63) is 23.7 Å². The Morgan fingerprint density at radius 3 is 2.82 bits per heavy atom. The number of rotatable bonds is 3. The number of hydrogen-bond donors (Lipinski definition) is 1. The van der Waals surface area contributed by atoms with Gasteiger partial charge in [0.2, 0.25) is 0 Å². The van der Waals surface area contributed by atoms with Gasteiger partial charge in [-0.05, 0) is 18.6 Å². The minimum atomic E-state index is -0.507. The van der Waals surface area contributed by atoms with Crippen LogP contribution < -0.4 is 5.73 Å². The van der Waals surface area contributed by atoms with Gasteiger partial charge >= 0.3 is 0 Å². The Balaban J connectivity index is 2.73. The van der Waals surface area contributed by atoms with Gasteiger partial charge < -0.3 is 10.2 Å². The Kier molecular flexibility index (Phi) is 2.31. The van der Waals surface area contributed by atoms with E-state index in [9.17, 15) is 4.79 Å². The van der Waals surface area contributed by atoms with Gasteiger partial charge in [-0.2, -0.15) is 0 Å². The maximum absolute atomic E-state index is 10.5. The van der Waals surface area contributed by atoms with Gasteiger partial charge in [-0.3, -0.25) is 4.79 Å². The highest BCUT2D eigenvalue weighted by Gasteiger charge is 2.05. The number of amides is 1. The Labute approximate surface area is 65.2 Å². The number of furan rings is 1. The summed E-state index contributed by atoms with van der Waals surface area (Å²) < 4.78 is 5.11. The SMILES string of the molecule is CCCc1ccc(C(N)=O)o1. The van der Waals surface area contributed by atoms with Crippen LogP contribution in [0.2, 0.25) is 0 Å². The second-order valence-electron chi connectivity index (χ2n) is 2.38. The van der Waals surface area contributed by atoms with E-state index in [-0.39, 0.29) is 5.76 Å². The molecule has 3 nitrogen and oxygen atoms in total. The van der Waals surface area contributed by atoms with Crippen molar-refractivity contribution < 1.29 is 9.21 Å². The molecule has 0 aliphatic heterocycles. The van der Waals surface area contributed by atoms with E-state index in [1.165, 1.54) is 0 Å². The lowest BCUT2D eigenvalue weighted by Gasteiger charge is -1.89. The predicted octanol–water partition coefficient (Wildman–Crippen LogP) is 1.33. The molecule has 2 N–H and O–H groups in total. The van der Waals surface area contributed by atoms with E-state index in [2.05, 4.69) is 0 Å². The van der Waals surface area contributed by atoms with E-state index in [4.69, 9.17) is 10.2 Å². The highest BCUT2D eigenvalue weighted by atomic mass is 16.3. The fraction of sp³-hybridized carbons (Fsp3) is 0.375. The molecule has 3 heteroatoms. The summed E-state index contributed by atoms with van der Waals surface area (Å²) in [4.78, 5) is 10.5. The second kappa shape index (κ2) is 3.23. The summed E-state index contributed by atoms with van der Waals surface area (Å²) in [5.74, 6) is 0.558. The molecule has 0 radical (unpaired) electrons. The van der Waals surface area contributed by atoms with Crippen molar-refractivity contribution in [3.63, 3.8) is 0 Å². The molecule has 1 aromatic heterocycles. The van der Waals surface area contributed by atoms with Crippen LogP contribution in [0.4, 0.5) is 0 Å². The van der Waals surface area contributed by atoms with Crippen molar-refractivity contribution in [2.45, 2.75) is 19.8 Å². The molecule has 1 amide bonds. The summed E-state index contributed by atoms with van der Waals surface area (Å²) in [6, 6.07) is 3.39. The summed E-state index contributed by atoms with van der Waals surface area (Å²) in [6.45, 7) is 2.05. The van der Waals surface area contributed by atoms with Gasteiger partial charge in [0.05, 0.1) is 0 Å². The summed E-state index contributed by atoms with van der Waals surface area (Å²) in [5.41, 5.74) is 4.99. The summed E-state index contributed by atoms with van der Waals surface area (Å²) in [7, 11) is 0. The highest BCUT2D eigenvalue weighted by molar-refractivity contribution is 5.89. The molecule has 11 heavy (non-hydrogen) atoms. The lowest BCUT2D eigenvalue weighted by atomic mass is 10.3. The number of nitrogens with two attached hydrogens (primary N) is 1. The molecular weight excluding hydrogens is 142 g/mol. The standard InChI is InChI=1S/C8H11NO2/c1-2-3-6-4-5-7(11-6)8(9)10/h4-5H,2-3H2,1H3,(H2,9,10). The fourth-order valence-corrected chi connectivity index (χ4v) is 0.891. The van der Waals surface area contributed by atoms with E-state index >= 15 is 0 Å². The van der Waals surface area contributed by atoms with Crippen molar-refractivity contribution in [1.29, 1.82) is 0 Å². The molecule has 0 saturated carbocycles. The van der Waals surface area contributed by atoms with Crippen LogP contribution in [0.25, 0.3) is 0 Å². The predicted molar refractivity (Wildman–Crippen MR) is 41.2 cm³/mol. The van der Waals surface area contributed by atoms with Crippen LogP contribution in [0.3, 0.4) is 0 Å². The molecule has 1 rings (SSSR count). The molecule has 0 spiro atoms. The van der Waals surface area contributed by atoms with Crippen LogP contribution in [-0.4, -0.2) is 5.91 Å². The third-order valence-electron chi connectivity index (χ3n) is 1.40. The Hall–Kier alpha value is -1.25. The van der Waals surface area contributed by atoms with E-state index in [0.29, 0.717) is 0 Å². The molecule has 0 aliphatic carbocycles. The van der Waals surface area contributed by atoms with E-state index in [1.807, 2.05) is 6.92 Å². The Bertz CT molecular complexity index is 252. The molecule has 0 aliphatic rings. The number of aryl methyl sites for hydroxylation is 1. The number of carbonyl (C=O) groups excluding carboxylic acids is 1. The summed E-state index contributed by atoms with van der Waals surface area (Å²) in [5, 5.41) is 0. The van der Waals surface area contributed by atoms with Gasteiger partial charge in [-0.15, -0.1) is 0 Å². The molecule has 1 aromatic rings. The Morgan fingerprint density at radius 2 is 2.36 bits per heavy atom. The minimum Gasteiger partial charge on any atom is -0.456 e. The second-order valence-corrected chi connectivity index (χ2v) is 2.38. The quantitative estimate of drug-likeness (QED) is 0.712. The average molecular weight is 153 g/mol. The normalized spacial score (nSPS) is 9.91. The first kappa shape index (κ1) is 7.85. The molecule has 0 aromatic carbocycles. The first-order valence-corrected chi connectivity index (χ1v) is 3.62. The number of primary amides is 1. The third kappa shape index (κ3) is 1.83. The van der Waals surface area contributed by atoms with Gasteiger partial charge in [-0.25, -0.2) is 0 Å². The van der Waals surface area contributed by atoms with E-state index in [0.717, 1.165) is 18.6 Å². The molecule has 0 fully saturated rings. The zero-order valence-electron chi connectivity index (χ0n) is 6.46. The zero-order chi connectivity index (χ0) is 8.27. The molecule has 0 bridgehead atoms. The topological polar surface area (TPSA) is 56.2 Å². The zero-order valence-corrected chi connectivity index (χ0v) is 6.46. The number of carbonyl (C=O) groups is 1. The average Bonchev–Trinajstić information content (AvgIpc) is 2.37. The van der Waals surface area contributed by atoms with Crippen molar-refractivity contribution in [2.75, 3.05) is 0 Å². The van der Waals surface area contributed by atoms with Crippen molar-refractivity contribution >= 4 is 5.91 Å². The largest absolute Gasteiger partial charge is 0.456 e. The van der Waals surface area contributed by atoms with Gasteiger partial charge in [-0.1, -0.05) is 6.92 Å². The Morgan fingerprint density at radius 1 is 1.64 bits per heavy atom. The van der Waals surface area contributed by atoms with Gasteiger partial charge in [0, 0.05) is 6.42 Å². The first-order valence-electron chi connectivity index (χ1n) is 3.62. The van der Waals surface area contributed by atoms with Crippen molar-refractivity contribution in [3.8, 4) is 0 Å².